The van der Waals surface area contributed by atoms with Crippen molar-refractivity contribution in [2.75, 3.05) is 39.4 Å². The maximum Gasteiger partial charge on any atom is 0.251 e. The minimum absolute atomic E-state index is 0.0514. The molecule has 1 saturated heterocycles. The fraction of sp³-hybridized carbons (Fsp3) is 0.364. The summed E-state index contributed by atoms with van der Waals surface area (Å²) in [7, 11) is 0. The standard InChI is InChI=1S/C22H26N2O4/c25-20-5-3-4-19(16-20)21(26)17-6-8-18(9-7-17)22(27)23-10-1-2-11-24-12-14-28-15-13-24/h3-9,16,25H,1-2,10-15H2,(H,23,27). The van der Waals surface area contributed by atoms with Gasteiger partial charge in [-0.25, -0.2) is 0 Å². The first-order valence-electron chi connectivity index (χ1n) is 9.65. The minimum Gasteiger partial charge on any atom is -0.508 e. The summed E-state index contributed by atoms with van der Waals surface area (Å²) in [5.74, 6) is -0.274. The number of amides is 1. The van der Waals surface area contributed by atoms with E-state index < -0.39 is 0 Å². The van der Waals surface area contributed by atoms with Gasteiger partial charge in [-0.2, -0.15) is 0 Å². The summed E-state index contributed by atoms with van der Waals surface area (Å²) >= 11 is 0. The monoisotopic (exact) mass is 382 g/mol. The average Bonchev–Trinajstić information content (AvgIpc) is 2.73. The van der Waals surface area contributed by atoms with Gasteiger partial charge in [-0.05, 0) is 43.7 Å². The Kier molecular flexibility index (Phi) is 7.17. The molecule has 3 rings (SSSR count). The third-order valence-electron chi connectivity index (χ3n) is 4.81. The first kappa shape index (κ1) is 20.0. The molecule has 1 amide bonds. The van der Waals surface area contributed by atoms with E-state index in [1.165, 1.54) is 12.1 Å². The molecule has 2 N–H and O–H groups in total. The maximum atomic E-state index is 12.4. The lowest BCUT2D eigenvalue weighted by atomic mass is 10.0. The van der Waals surface area contributed by atoms with E-state index in [0.29, 0.717) is 23.2 Å². The lowest BCUT2D eigenvalue weighted by Gasteiger charge is -2.26. The summed E-state index contributed by atoms with van der Waals surface area (Å²) in [6, 6.07) is 12.8. The molecule has 0 spiro atoms. The van der Waals surface area contributed by atoms with Crippen molar-refractivity contribution in [3.8, 4) is 5.75 Å². The lowest BCUT2D eigenvalue weighted by molar-refractivity contribution is 0.0372. The first-order valence-corrected chi connectivity index (χ1v) is 9.65. The Morgan fingerprint density at radius 3 is 2.39 bits per heavy atom. The Bertz CT molecular complexity index is 798. The number of hydrogen-bond donors (Lipinski definition) is 2. The largest absolute Gasteiger partial charge is 0.508 e. The second kappa shape index (κ2) is 10.0. The molecule has 2 aromatic rings. The number of rotatable bonds is 8. The number of carbonyl (C=O) groups is 2. The Morgan fingerprint density at radius 2 is 1.68 bits per heavy atom. The fourth-order valence-corrected chi connectivity index (χ4v) is 3.18. The number of phenols is 1. The molecule has 0 unspecified atom stereocenters. The van der Waals surface area contributed by atoms with Gasteiger partial charge in [-0.3, -0.25) is 14.5 Å². The zero-order chi connectivity index (χ0) is 19.8. The number of phenolic OH excluding ortho intramolecular Hbond substituents is 1. The molecule has 0 radical (unpaired) electrons. The van der Waals surface area contributed by atoms with E-state index in [4.69, 9.17) is 4.74 Å². The van der Waals surface area contributed by atoms with Crippen molar-refractivity contribution in [1.82, 2.24) is 10.2 Å². The van der Waals surface area contributed by atoms with Crippen molar-refractivity contribution in [2.45, 2.75) is 12.8 Å². The van der Waals surface area contributed by atoms with Crippen molar-refractivity contribution >= 4 is 11.7 Å². The summed E-state index contributed by atoms with van der Waals surface area (Å²) in [5, 5.41) is 12.4. The highest BCUT2D eigenvalue weighted by molar-refractivity contribution is 6.09. The van der Waals surface area contributed by atoms with Gasteiger partial charge in [0, 0.05) is 36.3 Å². The van der Waals surface area contributed by atoms with Crippen LogP contribution in [0.1, 0.15) is 39.1 Å². The molecule has 2 aromatic carbocycles. The van der Waals surface area contributed by atoms with Gasteiger partial charge in [0.25, 0.3) is 5.91 Å². The van der Waals surface area contributed by atoms with E-state index >= 15 is 0 Å². The molecule has 1 aliphatic heterocycles. The van der Waals surface area contributed by atoms with Crippen LogP contribution < -0.4 is 5.32 Å². The maximum absolute atomic E-state index is 12.4. The quantitative estimate of drug-likeness (QED) is 0.542. The van der Waals surface area contributed by atoms with Crippen molar-refractivity contribution in [3.05, 3.63) is 65.2 Å². The van der Waals surface area contributed by atoms with Gasteiger partial charge < -0.3 is 15.2 Å². The molecule has 0 atom stereocenters. The summed E-state index contributed by atoms with van der Waals surface area (Å²) < 4.78 is 5.33. The van der Waals surface area contributed by atoms with Crippen molar-refractivity contribution < 1.29 is 19.4 Å². The van der Waals surface area contributed by atoms with E-state index in [-0.39, 0.29) is 17.4 Å². The average molecular weight is 382 g/mol. The molecule has 6 nitrogen and oxygen atoms in total. The number of ether oxygens (including phenoxy) is 1. The van der Waals surface area contributed by atoms with E-state index in [2.05, 4.69) is 10.2 Å². The van der Waals surface area contributed by atoms with Crippen molar-refractivity contribution in [3.63, 3.8) is 0 Å². The number of hydrogen-bond acceptors (Lipinski definition) is 5. The third kappa shape index (κ3) is 5.65. The van der Waals surface area contributed by atoms with Crippen molar-refractivity contribution in [1.29, 1.82) is 0 Å². The molecule has 1 fully saturated rings. The Labute approximate surface area is 165 Å². The highest BCUT2D eigenvalue weighted by atomic mass is 16.5. The van der Waals surface area contributed by atoms with Crippen LogP contribution in [-0.4, -0.2) is 61.1 Å². The Hall–Kier alpha value is -2.70. The molecule has 0 aliphatic carbocycles. The van der Waals surface area contributed by atoms with Gasteiger partial charge in [0.2, 0.25) is 0 Å². The number of unbranched alkanes of at least 4 members (excludes halogenated alkanes) is 1. The van der Waals surface area contributed by atoms with Crippen LogP contribution >= 0.6 is 0 Å². The van der Waals surface area contributed by atoms with Crippen LogP contribution in [0.5, 0.6) is 5.75 Å². The summed E-state index contributed by atoms with van der Waals surface area (Å²) in [5.41, 5.74) is 1.42. The minimum atomic E-state index is -0.189. The number of nitrogens with zero attached hydrogens (tertiary/aromatic N) is 1. The van der Waals surface area contributed by atoms with E-state index in [0.717, 1.165) is 45.7 Å². The number of nitrogens with one attached hydrogen (secondary N) is 1. The van der Waals surface area contributed by atoms with E-state index in [1.807, 2.05) is 0 Å². The Balaban J connectivity index is 1.43. The smallest absolute Gasteiger partial charge is 0.251 e. The van der Waals surface area contributed by atoms with Gasteiger partial charge in [0.15, 0.2) is 5.78 Å². The molecule has 148 valence electrons. The van der Waals surface area contributed by atoms with E-state index in [1.54, 1.807) is 36.4 Å². The predicted octanol–water partition coefficient (Wildman–Crippen LogP) is 2.47. The summed E-state index contributed by atoms with van der Waals surface area (Å²) in [4.78, 5) is 27.1. The highest BCUT2D eigenvalue weighted by Crippen LogP contribution is 2.16. The molecule has 1 heterocycles. The Morgan fingerprint density at radius 1 is 0.964 bits per heavy atom. The van der Waals surface area contributed by atoms with Crippen LogP contribution in [0.2, 0.25) is 0 Å². The second-order valence-corrected chi connectivity index (χ2v) is 6.87. The molecule has 0 aromatic heterocycles. The van der Waals surface area contributed by atoms with E-state index in [9.17, 15) is 14.7 Å². The molecular weight excluding hydrogens is 356 g/mol. The SMILES string of the molecule is O=C(NCCCCN1CCOCC1)c1ccc(C(=O)c2cccc(O)c2)cc1. The van der Waals surface area contributed by atoms with Gasteiger partial charge in [-0.1, -0.05) is 24.3 Å². The molecule has 1 aliphatic rings. The normalized spacial score (nSPS) is 14.6. The summed E-state index contributed by atoms with van der Waals surface area (Å²) in [6.07, 6.45) is 1.97. The number of ketones is 1. The van der Waals surface area contributed by atoms with Gasteiger partial charge in [0.1, 0.15) is 5.75 Å². The number of morpholine rings is 1. The summed E-state index contributed by atoms with van der Waals surface area (Å²) in [6.45, 7) is 5.25. The van der Waals surface area contributed by atoms with Gasteiger partial charge in [0.05, 0.1) is 13.2 Å². The molecule has 6 heteroatoms. The predicted molar refractivity (Wildman–Crippen MR) is 107 cm³/mol. The lowest BCUT2D eigenvalue weighted by Crippen LogP contribution is -2.37. The number of carbonyl (C=O) groups excluding carboxylic acids is 2. The molecular formula is C22H26N2O4. The van der Waals surface area contributed by atoms with Gasteiger partial charge in [-0.15, -0.1) is 0 Å². The number of aromatic hydroxyl groups is 1. The van der Waals surface area contributed by atoms with Crippen LogP contribution in [-0.2, 0) is 4.74 Å². The topological polar surface area (TPSA) is 78.9 Å². The van der Waals surface area contributed by atoms with Crippen LogP contribution in [0.15, 0.2) is 48.5 Å². The second-order valence-electron chi connectivity index (χ2n) is 6.87. The highest BCUT2D eigenvalue weighted by Gasteiger charge is 2.12. The zero-order valence-electron chi connectivity index (χ0n) is 15.9. The van der Waals surface area contributed by atoms with Crippen LogP contribution in [0.4, 0.5) is 0 Å². The van der Waals surface area contributed by atoms with Crippen molar-refractivity contribution in [2.24, 2.45) is 0 Å². The number of benzene rings is 2. The zero-order valence-corrected chi connectivity index (χ0v) is 15.9. The fourth-order valence-electron chi connectivity index (χ4n) is 3.18. The molecule has 28 heavy (non-hydrogen) atoms. The van der Waals surface area contributed by atoms with Gasteiger partial charge >= 0.3 is 0 Å². The van der Waals surface area contributed by atoms with Crippen LogP contribution in [0.3, 0.4) is 0 Å². The first-order chi connectivity index (χ1) is 13.6. The third-order valence-corrected chi connectivity index (χ3v) is 4.81. The van der Waals surface area contributed by atoms with Crippen LogP contribution in [0, 0.1) is 0 Å². The van der Waals surface area contributed by atoms with Crippen LogP contribution in [0.25, 0.3) is 0 Å². The molecule has 0 bridgehead atoms. The molecule has 0 saturated carbocycles.